The largest absolute Gasteiger partial charge is 0.396 e. The van der Waals surface area contributed by atoms with Gasteiger partial charge in [0.15, 0.2) is 0 Å². The first-order valence-electron chi connectivity index (χ1n) is 4.55. The highest BCUT2D eigenvalue weighted by molar-refractivity contribution is 7.99. The van der Waals surface area contributed by atoms with Crippen LogP contribution in [0.1, 0.15) is 13.8 Å². The first-order valence-corrected chi connectivity index (χ1v) is 5.77. The summed E-state index contributed by atoms with van der Waals surface area (Å²) in [4.78, 5) is 4.17. The fraction of sp³-hybridized carbons (Fsp3) is 0.500. The summed E-state index contributed by atoms with van der Waals surface area (Å²) in [5.41, 5.74) is 6.46. The van der Waals surface area contributed by atoms with E-state index in [2.05, 4.69) is 30.4 Å². The maximum Gasteiger partial charge on any atom is 0.149 e. The highest BCUT2D eigenvalue weighted by atomic mass is 32.2. The smallest absolute Gasteiger partial charge is 0.149 e. The van der Waals surface area contributed by atoms with Gasteiger partial charge < -0.3 is 11.1 Å². The van der Waals surface area contributed by atoms with Crippen LogP contribution >= 0.6 is 11.8 Å². The average molecular weight is 211 g/mol. The molecule has 1 heterocycles. The van der Waals surface area contributed by atoms with E-state index in [1.54, 1.807) is 6.20 Å². The van der Waals surface area contributed by atoms with E-state index in [0.29, 0.717) is 5.69 Å². The summed E-state index contributed by atoms with van der Waals surface area (Å²) in [7, 11) is 0. The summed E-state index contributed by atoms with van der Waals surface area (Å²) in [6, 6.07) is 3.68. The number of nitrogens with zero attached hydrogens (tertiary/aromatic N) is 1. The second kappa shape index (κ2) is 4.55. The van der Waals surface area contributed by atoms with Gasteiger partial charge in [-0.2, -0.15) is 11.8 Å². The lowest BCUT2D eigenvalue weighted by molar-refractivity contribution is 0.750. The van der Waals surface area contributed by atoms with E-state index >= 15 is 0 Å². The standard InChI is InChI=1S/C10H17N3S/c1-10(2,14-3)7-13-9-8(11)5-4-6-12-9/h4-6H,7,11H2,1-3H3,(H,12,13). The lowest BCUT2D eigenvalue weighted by Crippen LogP contribution is -2.26. The average Bonchev–Trinajstić information content (AvgIpc) is 2.17. The molecule has 4 heteroatoms. The molecule has 0 saturated heterocycles. The Morgan fingerprint density at radius 2 is 2.29 bits per heavy atom. The van der Waals surface area contributed by atoms with Gasteiger partial charge in [-0.05, 0) is 32.2 Å². The quantitative estimate of drug-likeness (QED) is 0.801. The third-order valence-corrected chi connectivity index (χ3v) is 3.32. The van der Waals surface area contributed by atoms with Crippen LogP contribution in [0.15, 0.2) is 18.3 Å². The predicted molar refractivity (Wildman–Crippen MR) is 64.7 cm³/mol. The Bertz CT molecular complexity index is 299. The maximum absolute atomic E-state index is 5.76. The molecule has 0 fully saturated rings. The van der Waals surface area contributed by atoms with Gasteiger partial charge in [0.1, 0.15) is 5.82 Å². The van der Waals surface area contributed by atoms with Crippen molar-refractivity contribution in [1.29, 1.82) is 0 Å². The van der Waals surface area contributed by atoms with Gasteiger partial charge in [-0.3, -0.25) is 0 Å². The van der Waals surface area contributed by atoms with Crippen LogP contribution in [0.2, 0.25) is 0 Å². The van der Waals surface area contributed by atoms with Crippen LogP contribution in [0.5, 0.6) is 0 Å². The molecule has 0 bridgehead atoms. The summed E-state index contributed by atoms with van der Waals surface area (Å²) in [5.74, 6) is 0.773. The van der Waals surface area contributed by atoms with Gasteiger partial charge in [-0.25, -0.2) is 4.98 Å². The molecule has 0 unspecified atom stereocenters. The minimum Gasteiger partial charge on any atom is -0.396 e. The minimum absolute atomic E-state index is 0.198. The minimum atomic E-state index is 0.198. The molecule has 1 rings (SSSR count). The lowest BCUT2D eigenvalue weighted by atomic mass is 10.2. The topological polar surface area (TPSA) is 50.9 Å². The number of nitrogens with one attached hydrogen (secondary N) is 1. The van der Waals surface area contributed by atoms with Crippen molar-refractivity contribution in [1.82, 2.24) is 4.98 Å². The van der Waals surface area contributed by atoms with E-state index in [-0.39, 0.29) is 4.75 Å². The molecule has 0 radical (unpaired) electrons. The van der Waals surface area contributed by atoms with Gasteiger partial charge in [0.2, 0.25) is 0 Å². The highest BCUT2D eigenvalue weighted by Gasteiger charge is 2.15. The van der Waals surface area contributed by atoms with Crippen molar-refractivity contribution in [3.05, 3.63) is 18.3 Å². The molecule has 0 aliphatic carbocycles. The number of pyridine rings is 1. The van der Waals surface area contributed by atoms with Crippen molar-refractivity contribution in [3.63, 3.8) is 0 Å². The fourth-order valence-corrected chi connectivity index (χ4v) is 1.15. The maximum atomic E-state index is 5.76. The number of rotatable bonds is 4. The van der Waals surface area contributed by atoms with Gasteiger partial charge in [-0.15, -0.1) is 0 Å². The monoisotopic (exact) mass is 211 g/mol. The molecule has 1 aromatic rings. The molecule has 0 aliphatic rings. The van der Waals surface area contributed by atoms with E-state index in [1.165, 1.54) is 0 Å². The normalized spacial score (nSPS) is 11.4. The van der Waals surface area contributed by atoms with E-state index in [4.69, 9.17) is 5.73 Å². The molecule has 0 saturated carbocycles. The van der Waals surface area contributed by atoms with Crippen molar-refractivity contribution in [2.24, 2.45) is 0 Å². The van der Waals surface area contributed by atoms with Crippen LogP contribution in [0, 0.1) is 0 Å². The summed E-state index contributed by atoms with van der Waals surface area (Å²) in [6.45, 7) is 5.23. The molecule has 14 heavy (non-hydrogen) atoms. The highest BCUT2D eigenvalue weighted by Crippen LogP contribution is 2.22. The zero-order chi connectivity index (χ0) is 10.6. The van der Waals surface area contributed by atoms with Crippen LogP contribution < -0.4 is 11.1 Å². The third kappa shape index (κ3) is 3.10. The second-order valence-corrected chi connectivity index (χ2v) is 5.27. The Morgan fingerprint density at radius 3 is 2.86 bits per heavy atom. The predicted octanol–water partition coefficient (Wildman–Crippen LogP) is 2.22. The van der Waals surface area contributed by atoms with E-state index in [9.17, 15) is 0 Å². The Hall–Kier alpha value is -0.900. The zero-order valence-corrected chi connectivity index (χ0v) is 9.69. The van der Waals surface area contributed by atoms with Gasteiger partial charge in [0.25, 0.3) is 0 Å². The van der Waals surface area contributed by atoms with Gasteiger partial charge >= 0.3 is 0 Å². The zero-order valence-electron chi connectivity index (χ0n) is 8.87. The number of anilines is 2. The van der Waals surface area contributed by atoms with E-state index in [1.807, 2.05) is 23.9 Å². The Balaban J connectivity index is 2.58. The number of hydrogen-bond acceptors (Lipinski definition) is 4. The fourth-order valence-electron chi connectivity index (χ4n) is 0.934. The molecule has 78 valence electrons. The van der Waals surface area contributed by atoms with Crippen LogP contribution in [-0.4, -0.2) is 22.5 Å². The van der Waals surface area contributed by atoms with Crippen molar-refractivity contribution >= 4 is 23.3 Å². The molecule has 3 N–H and O–H groups in total. The number of aromatic nitrogens is 1. The molecule has 0 atom stereocenters. The molecular weight excluding hydrogens is 194 g/mol. The first kappa shape index (κ1) is 11.2. The van der Waals surface area contributed by atoms with Crippen LogP contribution in [0.4, 0.5) is 11.5 Å². The Labute approximate surface area is 89.5 Å². The molecular formula is C10H17N3S. The first-order chi connectivity index (χ1) is 6.55. The van der Waals surface area contributed by atoms with E-state index in [0.717, 1.165) is 12.4 Å². The lowest BCUT2D eigenvalue weighted by Gasteiger charge is -2.22. The van der Waals surface area contributed by atoms with Crippen LogP contribution in [0.25, 0.3) is 0 Å². The number of nitrogen functional groups attached to an aromatic ring is 1. The Morgan fingerprint density at radius 1 is 1.57 bits per heavy atom. The van der Waals surface area contributed by atoms with Crippen molar-refractivity contribution < 1.29 is 0 Å². The molecule has 0 spiro atoms. The SMILES string of the molecule is CSC(C)(C)CNc1ncccc1N. The molecule has 1 aromatic heterocycles. The summed E-state index contributed by atoms with van der Waals surface area (Å²) < 4.78 is 0.198. The molecule has 0 amide bonds. The Kier molecular flexibility index (Phi) is 3.63. The number of nitrogens with two attached hydrogens (primary N) is 1. The van der Waals surface area contributed by atoms with Crippen LogP contribution in [0.3, 0.4) is 0 Å². The molecule has 3 nitrogen and oxygen atoms in total. The van der Waals surface area contributed by atoms with Crippen molar-refractivity contribution in [2.75, 3.05) is 23.9 Å². The van der Waals surface area contributed by atoms with Crippen molar-refractivity contribution in [3.8, 4) is 0 Å². The summed E-state index contributed by atoms with van der Waals surface area (Å²) in [6.07, 6.45) is 3.84. The molecule has 0 aliphatic heterocycles. The van der Waals surface area contributed by atoms with E-state index < -0.39 is 0 Å². The van der Waals surface area contributed by atoms with Gasteiger partial charge in [0, 0.05) is 17.5 Å². The number of thioether (sulfide) groups is 1. The third-order valence-electron chi connectivity index (χ3n) is 2.07. The summed E-state index contributed by atoms with van der Waals surface area (Å²) in [5, 5.41) is 3.25. The second-order valence-electron chi connectivity index (χ2n) is 3.76. The van der Waals surface area contributed by atoms with Gasteiger partial charge in [-0.1, -0.05) is 0 Å². The van der Waals surface area contributed by atoms with Gasteiger partial charge in [0.05, 0.1) is 5.69 Å². The van der Waals surface area contributed by atoms with Crippen molar-refractivity contribution in [2.45, 2.75) is 18.6 Å². The molecule has 0 aromatic carbocycles. The van der Waals surface area contributed by atoms with Crippen LogP contribution in [-0.2, 0) is 0 Å². The summed E-state index contributed by atoms with van der Waals surface area (Å²) >= 11 is 1.82. The number of hydrogen-bond donors (Lipinski definition) is 2.